The molecule has 0 radical (unpaired) electrons. The zero-order valence-corrected chi connectivity index (χ0v) is 16.8. The van der Waals surface area contributed by atoms with Crippen LogP contribution in [-0.4, -0.2) is 30.5 Å². The standard InChI is InChI=1S/C23H26N2O4/c1-3-25(4-2)15-19-8-6-5-7-18(19)14-24-22(26)16-28-20-11-9-17-10-12-23(27)29-21(17)13-20/h5-13H,3-4,14-16H2,1-2H3,(H,24,26). The van der Waals surface area contributed by atoms with Gasteiger partial charge in [-0.3, -0.25) is 9.69 Å². The van der Waals surface area contributed by atoms with Gasteiger partial charge in [0.25, 0.3) is 5.91 Å². The van der Waals surface area contributed by atoms with Gasteiger partial charge in [-0.25, -0.2) is 4.79 Å². The second-order valence-electron chi connectivity index (χ2n) is 6.75. The maximum Gasteiger partial charge on any atom is 0.336 e. The van der Waals surface area contributed by atoms with Crippen LogP contribution in [0.3, 0.4) is 0 Å². The van der Waals surface area contributed by atoms with Crippen LogP contribution in [0.1, 0.15) is 25.0 Å². The number of nitrogens with one attached hydrogen (secondary N) is 1. The SMILES string of the molecule is CCN(CC)Cc1ccccc1CNC(=O)COc1ccc2ccc(=O)oc2c1. The summed E-state index contributed by atoms with van der Waals surface area (Å²) in [6, 6.07) is 16.3. The van der Waals surface area contributed by atoms with Crippen molar-refractivity contribution in [3.8, 4) is 5.75 Å². The molecule has 0 unspecified atom stereocenters. The molecule has 6 nitrogen and oxygen atoms in total. The van der Waals surface area contributed by atoms with Crippen LogP contribution in [0.15, 0.2) is 63.8 Å². The Labute approximate surface area is 170 Å². The van der Waals surface area contributed by atoms with Crippen molar-refractivity contribution < 1.29 is 13.9 Å². The Bertz CT molecular complexity index is 1020. The minimum absolute atomic E-state index is 0.110. The van der Waals surface area contributed by atoms with Crippen LogP contribution in [0.25, 0.3) is 11.0 Å². The number of rotatable bonds is 9. The van der Waals surface area contributed by atoms with Crippen molar-refractivity contribution in [1.82, 2.24) is 10.2 Å². The van der Waals surface area contributed by atoms with Gasteiger partial charge in [0.1, 0.15) is 11.3 Å². The maximum absolute atomic E-state index is 12.2. The molecule has 0 spiro atoms. The normalized spacial score (nSPS) is 11.0. The lowest BCUT2D eigenvalue weighted by Crippen LogP contribution is -2.29. The Hall–Kier alpha value is -3.12. The quantitative estimate of drug-likeness (QED) is 0.564. The van der Waals surface area contributed by atoms with E-state index in [0.717, 1.165) is 30.6 Å². The summed E-state index contributed by atoms with van der Waals surface area (Å²) in [5.74, 6) is 0.265. The van der Waals surface area contributed by atoms with Crippen molar-refractivity contribution in [2.75, 3.05) is 19.7 Å². The number of carbonyl (C=O) groups excluding carboxylic acids is 1. The van der Waals surface area contributed by atoms with E-state index in [-0.39, 0.29) is 12.5 Å². The Morgan fingerprint density at radius 1 is 1.03 bits per heavy atom. The largest absolute Gasteiger partial charge is 0.484 e. The molecule has 1 N–H and O–H groups in total. The minimum Gasteiger partial charge on any atom is -0.484 e. The average Bonchev–Trinajstić information content (AvgIpc) is 2.74. The first-order valence-corrected chi connectivity index (χ1v) is 9.81. The predicted octanol–water partition coefficient (Wildman–Crippen LogP) is 3.33. The summed E-state index contributed by atoms with van der Waals surface area (Å²) >= 11 is 0. The van der Waals surface area contributed by atoms with Gasteiger partial charge in [0.2, 0.25) is 0 Å². The molecule has 0 atom stereocenters. The summed E-state index contributed by atoms with van der Waals surface area (Å²) in [5.41, 5.74) is 2.32. The van der Waals surface area contributed by atoms with E-state index in [1.54, 1.807) is 24.3 Å². The van der Waals surface area contributed by atoms with E-state index < -0.39 is 5.63 Å². The van der Waals surface area contributed by atoms with E-state index in [0.29, 0.717) is 17.9 Å². The summed E-state index contributed by atoms with van der Waals surface area (Å²) in [4.78, 5) is 25.9. The van der Waals surface area contributed by atoms with Gasteiger partial charge >= 0.3 is 5.63 Å². The summed E-state index contributed by atoms with van der Waals surface area (Å²) in [6.45, 7) is 7.45. The van der Waals surface area contributed by atoms with E-state index in [1.807, 2.05) is 18.2 Å². The lowest BCUT2D eigenvalue weighted by atomic mass is 10.1. The maximum atomic E-state index is 12.2. The van der Waals surface area contributed by atoms with E-state index in [4.69, 9.17) is 9.15 Å². The van der Waals surface area contributed by atoms with E-state index in [1.165, 1.54) is 11.6 Å². The number of amides is 1. The van der Waals surface area contributed by atoms with Crippen LogP contribution < -0.4 is 15.7 Å². The van der Waals surface area contributed by atoms with Crippen LogP contribution in [0, 0.1) is 0 Å². The number of fused-ring (bicyclic) bond motifs is 1. The van der Waals surface area contributed by atoms with Gasteiger partial charge in [0.15, 0.2) is 6.61 Å². The highest BCUT2D eigenvalue weighted by Gasteiger charge is 2.09. The van der Waals surface area contributed by atoms with Crippen molar-refractivity contribution in [3.05, 3.63) is 76.1 Å². The summed E-state index contributed by atoms with van der Waals surface area (Å²) < 4.78 is 10.7. The molecule has 3 aromatic rings. The summed E-state index contributed by atoms with van der Waals surface area (Å²) in [5, 5.41) is 3.71. The number of hydrogen-bond donors (Lipinski definition) is 1. The molecule has 0 aliphatic heterocycles. The van der Waals surface area contributed by atoms with E-state index in [2.05, 4.69) is 30.1 Å². The summed E-state index contributed by atoms with van der Waals surface area (Å²) in [7, 11) is 0. The predicted molar refractivity (Wildman–Crippen MR) is 113 cm³/mol. The minimum atomic E-state index is -0.421. The highest BCUT2D eigenvalue weighted by atomic mass is 16.5. The Morgan fingerprint density at radius 3 is 2.52 bits per heavy atom. The molecule has 29 heavy (non-hydrogen) atoms. The molecular formula is C23H26N2O4. The second-order valence-corrected chi connectivity index (χ2v) is 6.75. The van der Waals surface area contributed by atoms with Gasteiger partial charge in [0.05, 0.1) is 0 Å². The molecule has 0 saturated carbocycles. The fourth-order valence-electron chi connectivity index (χ4n) is 3.10. The fourth-order valence-corrected chi connectivity index (χ4v) is 3.10. The molecule has 2 aromatic carbocycles. The highest BCUT2D eigenvalue weighted by molar-refractivity contribution is 5.79. The number of nitrogens with zero attached hydrogens (tertiary/aromatic N) is 1. The number of hydrogen-bond acceptors (Lipinski definition) is 5. The first kappa shape index (κ1) is 20.6. The molecule has 0 aliphatic rings. The first-order valence-electron chi connectivity index (χ1n) is 9.81. The van der Waals surface area contributed by atoms with Gasteiger partial charge < -0.3 is 14.5 Å². The van der Waals surface area contributed by atoms with Crippen molar-refractivity contribution in [3.63, 3.8) is 0 Å². The molecule has 0 fully saturated rings. The zero-order valence-electron chi connectivity index (χ0n) is 16.8. The number of ether oxygens (including phenoxy) is 1. The first-order chi connectivity index (χ1) is 14.1. The van der Waals surface area contributed by atoms with Gasteiger partial charge in [-0.2, -0.15) is 0 Å². The van der Waals surface area contributed by atoms with Crippen molar-refractivity contribution in [1.29, 1.82) is 0 Å². The Kier molecular flexibility index (Phi) is 7.03. The lowest BCUT2D eigenvalue weighted by molar-refractivity contribution is -0.123. The topological polar surface area (TPSA) is 71.8 Å². The highest BCUT2D eigenvalue weighted by Crippen LogP contribution is 2.19. The lowest BCUT2D eigenvalue weighted by Gasteiger charge is -2.20. The molecular weight excluding hydrogens is 368 g/mol. The van der Waals surface area contributed by atoms with Crippen LogP contribution in [0.2, 0.25) is 0 Å². The molecule has 1 aromatic heterocycles. The number of carbonyl (C=O) groups is 1. The molecule has 152 valence electrons. The Balaban J connectivity index is 1.56. The molecule has 0 bridgehead atoms. The van der Waals surface area contributed by atoms with Gasteiger partial charge in [0, 0.05) is 30.6 Å². The fraction of sp³-hybridized carbons (Fsp3) is 0.304. The van der Waals surface area contributed by atoms with Crippen LogP contribution in [0.5, 0.6) is 5.75 Å². The molecule has 1 heterocycles. The van der Waals surface area contributed by atoms with E-state index >= 15 is 0 Å². The van der Waals surface area contributed by atoms with Crippen molar-refractivity contribution in [2.24, 2.45) is 0 Å². The van der Waals surface area contributed by atoms with Gasteiger partial charge in [-0.1, -0.05) is 38.1 Å². The van der Waals surface area contributed by atoms with Crippen LogP contribution in [-0.2, 0) is 17.9 Å². The van der Waals surface area contributed by atoms with Gasteiger partial charge in [-0.05, 0) is 42.4 Å². The van der Waals surface area contributed by atoms with Crippen molar-refractivity contribution in [2.45, 2.75) is 26.9 Å². The van der Waals surface area contributed by atoms with Crippen molar-refractivity contribution >= 4 is 16.9 Å². The molecule has 6 heteroatoms. The third kappa shape index (κ3) is 5.68. The average molecular weight is 394 g/mol. The van der Waals surface area contributed by atoms with Crippen LogP contribution in [0.4, 0.5) is 0 Å². The number of benzene rings is 2. The summed E-state index contributed by atoms with van der Waals surface area (Å²) in [6.07, 6.45) is 0. The van der Waals surface area contributed by atoms with E-state index in [9.17, 15) is 9.59 Å². The third-order valence-corrected chi connectivity index (χ3v) is 4.85. The van der Waals surface area contributed by atoms with Crippen LogP contribution >= 0.6 is 0 Å². The Morgan fingerprint density at radius 2 is 1.76 bits per heavy atom. The second kappa shape index (κ2) is 9.89. The molecule has 0 saturated heterocycles. The monoisotopic (exact) mass is 394 g/mol. The zero-order chi connectivity index (χ0) is 20.6. The smallest absolute Gasteiger partial charge is 0.336 e. The van der Waals surface area contributed by atoms with Gasteiger partial charge in [-0.15, -0.1) is 0 Å². The molecule has 0 aliphatic carbocycles. The molecule has 3 rings (SSSR count). The third-order valence-electron chi connectivity index (χ3n) is 4.85. The molecule has 1 amide bonds.